The molecule has 1 heterocycles. The smallest absolute Gasteiger partial charge is 0.215 e. The number of aliphatic imine (C=N–C) groups is 1. The molecule has 1 atom stereocenters. The fourth-order valence-electron chi connectivity index (χ4n) is 2.15. The van der Waals surface area contributed by atoms with E-state index in [0.29, 0.717) is 38.7 Å². The van der Waals surface area contributed by atoms with Gasteiger partial charge in [0.25, 0.3) is 0 Å². The number of sulfonamides is 1. The lowest BCUT2D eigenvalue weighted by Crippen LogP contribution is -2.48. The molecule has 0 aromatic heterocycles. The molecule has 1 fully saturated rings. The van der Waals surface area contributed by atoms with Crippen molar-refractivity contribution in [1.29, 1.82) is 0 Å². The van der Waals surface area contributed by atoms with Crippen molar-refractivity contribution in [3.05, 3.63) is 0 Å². The summed E-state index contributed by atoms with van der Waals surface area (Å²) in [4.78, 5) is 6.11. The second-order valence-corrected chi connectivity index (χ2v) is 6.86. The summed E-state index contributed by atoms with van der Waals surface area (Å²) in [5.41, 5.74) is 5.89. The molecule has 2 N–H and O–H groups in total. The second kappa shape index (κ2) is 7.80. The molecule has 1 rings (SSSR count). The molecule has 0 saturated carbocycles. The van der Waals surface area contributed by atoms with Gasteiger partial charge in [-0.15, -0.1) is 0 Å². The Labute approximate surface area is 121 Å². The SMILES string of the molecule is CCN(CC)S(=O)(=O)CCN=C(N)N1CCOC(C)C1. The normalized spacial score (nSPS) is 21.5. The zero-order chi connectivity index (χ0) is 15.2. The Morgan fingerprint density at radius 1 is 1.45 bits per heavy atom. The fourth-order valence-corrected chi connectivity index (χ4v) is 3.52. The van der Waals surface area contributed by atoms with Crippen LogP contribution in [0.3, 0.4) is 0 Å². The monoisotopic (exact) mass is 306 g/mol. The van der Waals surface area contributed by atoms with Crippen molar-refractivity contribution in [3.63, 3.8) is 0 Å². The maximum atomic E-state index is 12.0. The summed E-state index contributed by atoms with van der Waals surface area (Å²) in [5.74, 6) is 0.393. The number of rotatable bonds is 6. The minimum Gasteiger partial charge on any atom is -0.375 e. The molecule has 118 valence electrons. The molecule has 8 heteroatoms. The van der Waals surface area contributed by atoms with Crippen LogP contribution in [0.1, 0.15) is 20.8 Å². The zero-order valence-electron chi connectivity index (χ0n) is 12.6. The van der Waals surface area contributed by atoms with Crippen LogP contribution in [-0.2, 0) is 14.8 Å². The van der Waals surface area contributed by atoms with Gasteiger partial charge in [0, 0.05) is 26.2 Å². The summed E-state index contributed by atoms with van der Waals surface area (Å²) in [7, 11) is -3.23. The molecule has 0 aliphatic carbocycles. The Morgan fingerprint density at radius 3 is 2.65 bits per heavy atom. The van der Waals surface area contributed by atoms with Gasteiger partial charge in [-0.25, -0.2) is 12.7 Å². The standard InChI is InChI=1S/C12H26N4O3S/c1-4-16(5-2)20(17,18)9-6-14-12(13)15-7-8-19-11(3)10-15/h11H,4-10H2,1-3H3,(H2,13,14). The summed E-state index contributed by atoms with van der Waals surface area (Å²) in [6.45, 7) is 8.80. The average molecular weight is 306 g/mol. The van der Waals surface area contributed by atoms with Crippen molar-refractivity contribution in [2.75, 3.05) is 45.1 Å². The average Bonchev–Trinajstić information content (AvgIpc) is 2.39. The van der Waals surface area contributed by atoms with Crippen molar-refractivity contribution in [1.82, 2.24) is 9.21 Å². The highest BCUT2D eigenvalue weighted by Gasteiger charge is 2.20. The number of guanidine groups is 1. The predicted molar refractivity (Wildman–Crippen MR) is 80.2 cm³/mol. The Bertz CT molecular complexity index is 420. The van der Waals surface area contributed by atoms with Gasteiger partial charge >= 0.3 is 0 Å². The highest BCUT2D eigenvalue weighted by molar-refractivity contribution is 7.89. The van der Waals surface area contributed by atoms with E-state index in [9.17, 15) is 8.42 Å². The third-order valence-corrected chi connectivity index (χ3v) is 5.29. The van der Waals surface area contributed by atoms with E-state index < -0.39 is 10.0 Å². The Balaban J connectivity index is 2.51. The van der Waals surface area contributed by atoms with E-state index in [4.69, 9.17) is 10.5 Å². The minimum absolute atomic E-state index is 0.00469. The van der Waals surface area contributed by atoms with Crippen LogP contribution in [0, 0.1) is 0 Å². The molecule has 1 aliphatic heterocycles. The van der Waals surface area contributed by atoms with Crippen LogP contribution in [0.4, 0.5) is 0 Å². The van der Waals surface area contributed by atoms with E-state index >= 15 is 0 Å². The minimum atomic E-state index is -3.23. The third kappa shape index (κ3) is 4.92. The van der Waals surface area contributed by atoms with Gasteiger partial charge in [0.1, 0.15) is 0 Å². The van der Waals surface area contributed by atoms with E-state index in [1.54, 1.807) is 0 Å². The largest absolute Gasteiger partial charge is 0.375 e. The number of hydrogen-bond acceptors (Lipinski definition) is 4. The Hall–Kier alpha value is -0.860. The lowest BCUT2D eigenvalue weighted by atomic mass is 10.3. The molecular weight excluding hydrogens is 280 g/mol. The number of nitrogens with zero attached hydrogens (tertiary/aromatic N) is 3. The molecule has 1 unspecified atom stereocenters. The number of hydrogen-bond donors (Lipinski definition) is 1. The van der Waals surface area contributed by atoms with Crippen molar-refractivity contribution < 1.29 is 13.2 Å². The highest BCUT2D eigenvalue weighted by Crippen LogP contribution is 2.04. The number of ether oxygens (including phenoxy) is 1. The molecule has 0 bridgehead atoms. The molecule has 1 saturated heterocycles. The van der Waals surface area contributed by atoms with Crippen LogP contribution in [0.2, 0.25) is 0 Å². The van der Waals surface area contributed by atoms with Crippen LogP contribution < -0.4 is 5.73 Å². The summed E-state index contributed by atoms with van der Waals surface area (Å²) >= 11 is 0. The van der Waals surface area contributed by atoms with E-state index in [0.717, 1.165) is 0 Å². The molecule has 0 aromatic carbocycles. The van der Waals surface area contributed by atoms with Gasteiger partial charge in [-0.3, -0.25) is 4.99 Å². The number of morpholine rings is 1. The first-order chi connectivity index (χ1) is 9.40. The van der Waals surface area contributed by atoms with E-state index in [1.165, 1.54) is 4.31 Å². The summed E-state index contributed by atoms with van der Waals surface area (Å²) in [6, 6.07) is 0. The van der Waals surface area contributed by atoms with Crippen molar-refractivity contribution in [3.8, 4) is 0 Å². The van der Waals surface area contributed by atoms with Crippen molar-refractivity contribution in [2.24, 2.45) is 10.7 Å². The topological polar surface area (TPSA) is 88.2 Å². The van der Waals surface area contributed by atoms with Gasteiger partial charge in [0.05, 0.1) is 25.0 Å². The molecule has 1 aliphatic rings. The molecule has 7 nitrogen and oxygen atoms in total. The fraction of sp³-hybridized carbons (Fsp3) is 0.917. The Morgan fingerprint density at radius 2 is 2.10 bits per heavy atom. The first-order valence-electron chi connectivity index (χ1n) is 7.05. The molecule has 0 amide bonds. The lowest BCUT2D eigenvalue weighted by molar-refractivity contribution is 0.00531. The molecule has 20 heavy (non-hydrogen) atoms. The maximum Gasteiger partial charge on any atom is 0.215 e. The van der Waals surface area contributed by atoms with Gasteiger partial charge in [0.15, 0.2) is 5.96 Å². The van der Waals surface area contributed by atoms with Crippen molar-refractivity contribution in [2.45, 2.75) is 26.9 Å². The Kier molecular flexibility index (Phi) is 6.70. The highest BCUT2D eigenvalue weighted by atomic mass is 32.2. The van der Waals surface area contributed by atoms with Crippen LogP contribution in [0.15, 0.2) is 4.99 Å². The van der Waals surface area contributed by atoms with Gasteiger partial charge in [-0.2, -0.15) is 0 Å². The van der Waals surface area contributed by atoms with Crippen LogP contribution in [0.5, 0.6) is 0 Å². The van der Waals surface area contributed by atoms with Crippen LogP contribution in [0.25, 0.3) is 0 Å². The van der Waals surface area contributed by atoms with E-state index in [-0.39, 0.29) is 18.4 Å². The molecule has 0 aromatic rings. The predicted octanol–water partition coefficient (Wildman–Crippen LogP) is -0.307. The maximum absolute atomic E-state index is 12.0. The quantitative estimate of drug-likeness (QED) is 0.537. The molecule has 0 radical (unpaired) electrons. The van der Waals surface area contributed by atoms with Gasteiger partial charge in [-0.1, -0.05) is 13.8 Å². The van der Waals surface area contributed by atoms with Crippen LogP contribution >= 0.6 is 0 Å². The molecular formula is C12H26N4O3S. The summed E-state index contributed by atoms with van der Waals surface area (Å²) < 4.78 is 30.8. The van der Waals surface area contributed by atoms with Crippen LogP contribution in [-0.4, -0.2) is 74.8 Å². The summed E-state index contributed by atoms with van der Waals surface area (Å²) in [6.07, 6.45) is 0.122. The van der Waals surface area contributed by atoms with Crippen molar-refractivity contribution >= 4 is 16.0 Å². The van der Waals surface area contributed by atoms with Gasteiger partial charge in [0.2, 0.25) is 10.0 Å². The zero-order valence-corrected chi connectivity index (χ0v) is 13.4. The van der Waals surface area contributed by atoms with E-state index in [1.807, 2.05) is 25.7 Å². The van der Waals surface area contributed by atoms with Gasteiger partial charge < -0.3 is 15.4 Å². The van der Waals surface area contributed by atoms with Gasteiger partial charge in [-0.05, 0) is 6.92 Å². The second-order valence-electron chi connectivity index (χ2n) is 4.77. The first kappa shape index (κ1) is 17.2. The molecule has 0 spiro atoms. The summed E-state index contributed by atoms with van der Waals surface area (Å²) in [5, 5.41) is 0. The lowest BCUT2D eigenvalue weighted by Gasteiger charge is -2.31. The third-order valence-electron chi connectivity index (χ3n) is 3.29. The van der Waals surface area contributed by atoms with E-state index in [2.05, 4.69) is 4.99 Å². The first-order valence-corrected chi connectivity index (χ1v) is 8.65. The number of nitrogens with two attached hydrogens (primary N) is 1.